The molecule has 13 heteroatoms. The molecule has 2 aromatic carbocycles. The number of anilines is 1. The highest BCUT2D eigenvalue weighted by atomic mass is 19.4. The van der Waals surface area contributed by atoms with Crippen LogP contribution < -0.4 is 10.6 Å². The van der Waals surface area contributed by atoms with Gasteiger partial charge in [0.15, 0.2) is 0 Å². The van der Waals surface area contributed by atoms with Gasteiger partial charge >= 0.3 is 24.6 Å². The number of primary amides is 1. The normalized spacial score (nSPS) is 13.3. The van der Waals surface area contributed by atoms with Crippen molar-refractivity contribution in [3.8, 4) is 0 Å². The van der Waals surface area contributed by atoms with Crippen LogP contribution in [0.25, 0.3) is 0 Å². The number of hydrogen-bond donors (Lipinski definition) is 1. The van der Waals surface area contributed by atoms with E-state index in [4.69, 9.17) is 10.5 Å². The van der Waals surface area contributed by atoms with E-state index in [-0.39, 0.29) is 11.6 Å². The van der Waals surface area contributed by atoms with E-state index in [1.807, 2.05) is 18.7 Å². The third kappa shape index (κ3) is 8.73. The number of carbonyl (C=O) groups excluding carboxylic acids is 1. The van der Waals surface area contributed by atoms with Gasteiger partial charge in [-0.25, -0.2) is 4.79 Å². The number of halogens is 9. The topological polar surface area (TPSA) is 55.6 Å². The van der Waals surface area contributed by atoms with Gasteiger partial charge in [0, 0.05) is 31.6 Å². The third-order valence-electron chi connectivity index (χ3n) is 5.58. The Balaban J connectivity index is 2.59. The lowest BCUT2D eigenvalue weighted by Gasteiger charge is -2.28. The highest BCUT2D eigenvalue weighted by Crippen LogP contribution is 2.38. The maximum atomic E-state index is 13.5. The van der Waals surface area contributed by atoms with Crippen molar-refractivity contribution < 1.29 is 49.0 Å². The lowest BCUT2D eigenvalue weighted by molar-refractivity contribution is -0.143. The second-order valence-electron chi connectivity index (χ2n) is 8.71. The Kier molecular flexibility index (Phi) is 9.95. The summed E-state index contributed by atoms with van der Waals surface area (Å²) in [4.78, 5) is 13.4. The predicted octanol–water partition coefficient (Wildman–Crippen LogP) is 7.62. The molecule has 1 atom stereocenters. The van der Waals surface area contributed by atoms with E-state index in [1.165, 1.54) is 6.07 Å². The lowest BCUT2D eigenvalue weighted by atomic mass is 9.95. The SMILES string of the molecule is CCCN(CCC)c1ccc(C(F)(F)F)cc1CC(Cc1cc(C(F)(F)F)cc(C(F)(F)F)c1)OC(N)=O. The molecule has 0 heterocycles. The van der Waals surface area contributed by atoms with Gasteiger partial charge < -0.3 is 15.4 Å². The highest BCUT2D eigenvalue weighted by Gasteiger charge is 2.37. The number of alkyl halides is 9. The summed E-state index contributed by atoms with van der Waals surface area (Å²) >= 11 is 0. The van der Waals surface area contributed by atoms with Crippen molar-refractivity contribution in [1.82, 2.24) is 0 Å². The Hall–Kier alpha value is -3.12. The Morgan fingerprint density at radius 3 is 1.71 bits per heavy atom. The number of amides is 1. The minimum atomic E-state index is -5.11. The summed E-state index contributed by atoms with van der Waals surface area (Å²) in [6, 6.07) is 3.85. The maximum Gasteiger partial charge on any atom is 0.416 e. The molecule has 0 saturated carbocycles. The molecule has 0 radical (unpaired) electrons. The second-order valence-corrected chi connectivity index (χ2v) is 8.71. The Morgan fingerprint density at radius 2 is 1.29 bits per heavy atom. The van der Waals surface area contributed by atoms with Crippen molar-refractivity contribution in [3.05, 3.63) is 64.2 Å². The fraction of sp³-hybridized carbons (Fsp3) is 0.480. The zero-order chi connectivity index (χ0) is 28.9. The Labute approximate surface area is 213 Å². The van der Waals surface area contributed by atoms with Crippen LogP contribution in [-0.4, -0.2) is 25.3 Å². The van der Waals surface area contributed by atoms with Crippen molar-refractivity contribution in [1.29, 1.82) is 0 Å². The summed E-state index contributed by atoms with van der Waals surface area (Å²) < 4.78 is 125. The zero-order valence-corrected chi connectivity index (χ0v) is 20.5. The highest BCUT2D eigenvalue weighted by molar-refractivity contribution is 5.65. The lowest BCUT2D eigenvalue weighted by Crippen LogP contribution is -2.30. The van der Waals surface area contributed by atoms with Crippen molar-refractivity contribution in [2.24, 2.45) is 5.73 Å². The molecule has 0 saturated heterocycles. The smallest absolute Gasteiger partial charge is 0.416 e. The fourth-order valence-corrected chi connectivity index (χ4v) is 4.09. The first-order valence-corrected chi connectivity index (χ1v) is 11.6. The van der Waals surface area contributed by atoms with Crippen LogP contribution in [0.4, 0.5) is 50.0 Å². The number of hydrogen-bond acceptors (Lipinski definition) is 3. The molecule has 0 bridgehead atoms. The fourth-order valence-electron chi connectivity index (χ4n) is 4.09. The van der Waals surface area contributed by atoms with E-state index in [0.29, 0.717) is 43.8 Å². The summed E-state index contributed by atoms with van der Waals surface area (Å²) in [5.74, 6) is 0. The van der Waals surface area contributed by atoms with Crippen molar-refractivity contribution in [2.75, 3.05) is 18.0 Å². The molecule has 0 aromatic heterocycles. The zero-order valence-electron chi connectivity index (χ0n) is 20.5. The largest absolute Gasteiger partial charge is 0.446 e. The third-order valence-corrected chi connectivity index (χ3v) is 5.58. The Morgan fingerprint density at radius 1 is 0.789 bits per heavy atom. The summed E-state index contributed by atoms with van der Waals surface area (Å²) in [5, 5.41) is 0. The molecule has 0 aliphatic rings. The van der Waals surface area contributed by atoms with Crippen LogP contribution in [0, 0.1) is 0 Å². The summed E-state index contributed by atoms with van der Waals surface area (Å²) in [6.07, 6.45) is -17.6. The van der Waals surface area contributed by atoms with Crippen LogP contribution in [0.15, 0.2) is 36.4 Å². The van der Waals surface area contributed by atoms with Gasteiger partial charge in [0.25, 0.3) is 0 Å². The van der Waals surface area contributed by atoms with Crippen molar-refractivity contribution in [2.45, 2.75) is 64.2 Å². The van der Waals surface area contributed by atoms with Crippen molar-refractivity contribution in [3.63, 3.8) is 0 Å². The quantitative estimate of drug-likeness (QED) is 0.305. The molecule has 38 heavy (non-hydrogen) atoms. The van der Waals surface area contributed by atoms with Crippen LogP contribution in [0.1, 0.15) is 54.5 Å². The molecule has 212 valence electrons. The number of nitrogens with zero attached hydrogens (tertiary/aromatic N) is 1. The average Bonchev–Trinajstić information content (AvgIpc) is 2.76. The van der Waals surface area contributed by atoms with Crippen LogP contribution in [0.3, 0.4) is 0 Å². The van der Waals surface area contributed by atoms with Crippen LogP contribution >= 0.6 is 0 Å². The Bertz CT molecular complexity index is 1060. The number of rotatable bonds is 10. The first-order valence-electron chi connectivity index (χ1n) is 11.6. The van der Waals surface area contributed by atoms with E-state index >= 15 is 0 Å². The van der Waals surface area contributed by atoms with Gasteiger partial charge in [-0.2, -0.15) is 39.5 Å². The van der Waals surface area contributed by atoms with Gasteiger partial charge in [-0.1, -0.05) is 13.8 Å². The molecule has 0 aliphatic heterocycles. The van der Waals surface area contributed by atoms with Gasteiger partial charge in [0.1, 0.15) is 6.10 Å². The molecule has 2 rings (SSSR count). The molecule has 2 N–H and O–H groups in total. The predicted molar refractivity (Wildman–Crippen MR) is 123 cm³/mol. The van der Waals surface area contributed by atoms with Gasteiger partial charge in [-0.15, -0.1) is 0 Å². The number of benzene rings is 2. The first kappa shape index (κ1) is 31.1. The molecular weight excluding hydrogens is 531 g/mol. The molecule has 0 fully saturated rings. The molecular formula is C25H27F9N2O2. The van der Waals surface area contributed by atoms with Gasteiger partial charge in [-0.05, 0) is 60.4 Å². The number of nitrogens with two attached hydrogens (primary N) is 1. The van der Waals surface area contributed by atoms with Gasteiger partial charge in [0.2, 0.25) is 0 Å². The monoisotopic (exact) mass is 558 g/mol. The van der Waals surface area contributed by atoms with E-state index < -0.39 is 65.8 Å². The van der Waals surface area contributed by atoms with Gasteiger partial charge in [-0.3, -0.25) is 0 Å². The van der Waals surface area contributed by atoms with E-state index in [0.717, 1.165) is 12.1 Å². The van der Waals surface area contributed by atoms with Gasteiger partial charge in [0.05, 0.1) is 16.7 Å². The average molecular weight is 558 g/mol. The molecule has 2 aromatic rings. The molecule has 0 aliphatic carbocycles. The maximum absolute atomic E-state index is 13.5. The minimum absolute atomic E-state index is 0.0499. The second kappa shape index (κ2) is 12.2. The standard InChI is InChI=1S/C25H27F9N2O2/c1-3-7-36(8-4-2)21-6-5-17(23(26,27)28)12-16(21)13-20(38-22(35)37)11-15-9-18(24(29,30)31)14-19(10-15)25(32,33)34/h5-6,9-10,12,14,20H,3-4,7-8,11,13H2,1-2H3,(H2,35,37). The van der Waals surface area contributed by atoms with Crippen LogP contribution in [-0.2, 0) is 36.1 Å². The summed E-state index contributed by atoms with van der Waals surface area (Å²) in [7, 11) is 0. The van der Waals surface area contributed by atoms with E-state index in [1.54, 1.807) is 0 Å². The van der Waals surface area contributed by atoms with Crippen LogP contribution in [0.2, 0.25) is 0 Å². The van der Waals surface area contributed by atoms with Crippen molar-refractivity contribution >= 4 is 11.8 Å². The van der Waals surface area contributed by atoms with Crippen LogP contribution in [0.5, 0.6) is 0 Å². The molecule has 4 nitrogen and oxygen atoms in total. The minimum Gasteiger partial charge on any atom is -0.446 e. The first-order chi connectivity index (χ1) is 17.5. The number of carbonyl (C=O) groups is 1. The van der Waals surface area contributed by atoms with E-state index in [9.17, 15) is 44.3 Å². The molecule has 1 amide bonds. The molecule has 1 unspecified atom stereocenters. The number of ether oxygens (including phenoxy) is 1. The summed E-state index contributed by atoms with van der Waals surface area (Å²) in [5.41, 5.74) is 0.868. The van der Waals surface area contributed by atoms with E-state index in [2.05, 4.69) is 0 Å². The summed E-state index contributed by atoms with van der Waals surface area (Å²) in [6.45, 7) is 4.65. The molecule has 0 spiro atoms.